The number of carbonyl (C=O) groups is 1. The zero-order chi connectivity index (χ0) is 9.14. The molecule has 64 valence electrons. The van der Waals surface area contributed by atoms with Gasteiger partial charge in [0.2, 0.25) is 5.91 Å². The Morgan fingerprint density at radius 3 is 2.67 bits per heavy atom. The molecule has 0 aromatic heterocycles. The minimum absolute atomic E-state index is 0.0528. The van der Waals surface area contributed by atoms with E-state index in [0.717, 1.165) is 9.26 Å². The molecule has 0 N–H and O–H groups in total. The van der Waals surface area contributed by atoms with Gasteiger partial charge in [0.1, 0.15) is 0 Å². The van der Waals surface area contributed by atoms with E-state index in [0.29, 0.717) is 0 Å². The van der Waals surface area contributed by atoms with E-state index in [1.54, 1.807) is 18.9 Å². The van der Waals surface area contributed by atoms with Gasteiger partial charge >= 0.3 is 0 Å². The third kappa shape index (κ3) is 2.20. The molecule has 1 amide bonds. The largest absolute Gasteiger partial charge is 0.316 e. The molecule has 0 radical (unpaired) electrons. The van der Waals surface area contributed by atoms with Crippen molar-refractivity contribution in [3.05, 3.63) is 27.8 Å². The lowest BCUT2D eigenvalue weighted by Crippen LogP contribution is -2.22. The van der Waals surface area contributed by atoms with E-state index < -0.39 is 0 Å². The Balaban J connectivity index is 2.95. The summed E-state index contributed by atoms with van der Waals surface area (Å²) in [4.78, 5) is 12.6. The molecule has 1 aromatic carbocycles. The molecule has 0 fully saturated rings. The van der Waals surface area contributed by atoms with Gasteiger partial charge in [0.05, 0.1) is 0 Å². The smallest absolute Gasteiger partial charge is 0.223 e. The van der Waals surface area contributed by atoms with Gasteiger partial charge < -0.3 is 4.90 Å². The lowest BCUT2D eigenvalue weighted by Gasteiger charge is -2.14. The van der Waals surface area contributed by atoms with E-state index >= 15 is 0 Å². The van der Waals surface area contributed by atoms with Crippen molar-refractivity contribution in [2.24, 2.45) is 0 Å². The van der Waals surface area contributed by atoms with Crippen molar-refractivity contribution >= 4 is 34.2 Å². The first-order chi connectivity index (χ1) is 5.61. The highest BCUT2D eigenvalue weighted by Crippen LogP contribution is 2.15. The molecule has 0 heterocycles. The highest BCUT2D eigenvalue weighted by molar-refractivity contribution is 14.1. The van der Waals surface area contributed by atoms with Crippen LogP contribution in [0, 0.1) is 3.57 Å². The number of carbonyl (C=O) groups excluding carboxylic acids is 1. The van der Waals surface area contributed by atoms with Crippen molar-refractivity contribution in [2.45, 2.75) is 6.92 Å². The average molecular weight is 275 g/mol. The van der Waals surface area contributed by atoms with Gasteiger partial charge in [0.25, 0.3) is 0 Å². The summed E-state index contributed by atoms with van der Waals surface area (Å²) < 4.78 is 1.14. The van der Waals surface area contributed by atoms with Crippen LogP contribution in [0.5, 0.6) is 0 Å². The van der Waals surface area contributed by atoms with Crippen LogP contribution in [0.3, 0.4) is 0 Å². The van der Waals surface area contributed by atoms with E-state index in [2.05, 4.69) is 22.6 Å². The Bertz CT molecular complexity index is 298. The van der Waals surface area contributed by atoms with Crippen LogP contribution in [-0.4, -0.2) is 13.0 Å². The molecule has 0 atom stereocenters. The standard InChI is InChI=1S/C9H10INO/c1-7(12)11(2)9-5-3-4-8(10)6-9/h3-6H,1-2H3. The first-order valence-electron chi connectivity index (χ1n) is 3.61. The summed E-state index contributed by atoms with van der Waals surface area (Å²) in [6.07, 6.45) is 0. The van der Waals surface area contributed by atoms with Crippen LogP contribution in [0.2, 0.25) is 0 Å². The number of nitrogens with zero attached hydrogens (tertiary/aromatic N) is 1. The number of hydrogen-bond donors (Lipinski definition) is 0. The molecule has 2 nitrogen and oxygen atoms in total. The second kappa shape index (κ2) is 3.89. The maximum Gasteiger partial charge on any atom is 0.223 e. The van der Waals surface area contributed by atoms with Gasteiger partial charge in [-0.3, -0.25) is 4.79 Å². The number of rotatable bonds is 1. The van der Waals surface area contributed by atoms with E-state index in [1.165, 1.54) is 0 Å². The van der Waals surface area contributed by atoms with Crippen LogP contribution < -0.4 is 4.90 Å². The molecule has 0 saturated carbocycles. The second-order valence-electron chi connectivity index (χ2n) is 2.56. The fourth-order valence-electron chi connectivity index (χ4n) is 0.867. The number of halogens is 1. The molecule has 0 bridgehead atoms. The van der Waals surface area contributed by atoms with Crippen LogP contribution in [0.25, 0.3) is 0 Å². The summed E-state index contributed by atoms with van der Waals surface area (Å²) in [7, 11) is 1.77. The monoisotopic (exact) mass is 275 g/mol. The average Bonchev–Trinajstić information content (AvgIpc) is 2.03. The van der Waals surface area contributed by atoms with Crippen LogP contribution >= 0.6 is 22.6 Å². The lowest BCUT2D eigenvalue weighted by atomic mass is 10.3. The molecule has 0 spiro atoms. The van der Waals surface area contributed by atoms with Crippen LogP contribution in [0.1, 0.15) is 6.92 Å². The zero-order valence-electron chi connectivity index (χ0n) is 7.04. The minimum Gasteiger partial charge on any atom is -0.316 e. The maximum absolute atomic E-state index is 11.0. The molecule has 0 aliphatic rings. The van der Waals surface area contributed by atoms with Gasteiger partial charge in [0, 0.05) is 23.2 Å². The third-order valence-corrected chi connectivity index (χ3v) is 2.34. The zero-order valence-corrected chi connectivity index (χ0v) is 9.20. The summed E-state index contributed by atoms with van der Waals surface area (Å²) >= 11 is 2.22. The number of hydrogen-bond acceptors (Lipinski definition) is 1. The quantitative estimate of drug-likeness (QED) is 0.720. The van der Waals surface area contributed by atoms with Gasteiger partial charge in [-0.1, -0.05) is 6.07 Å². The van der Waals surface area contributed by atoms with Gasteiger partial charge in [-0.05, 0) is 40.8 Å². The summed E-state index contributed by atoms with van der Waals surface area (Å²) in [6, 6.07) is 7.83. The Morgan fingerprint density at radius 2 is 2.17 bits per heavy atom. The highest BCUT2D eigenvalue weighted by Gasteiger charge is 2.04. The van der Waals surface area contributed by atoms with Crippen molar-refractivity contribution in [1.82, 2.24) is 0 Å². The number of amides is 1. The van der Waals surface area contributed by atoms with E-state index in [1.807, 2.05) is 24.3 Å². The number of benzene rings is 1. The van der Waals surface area contributed by atoms with Crippen LogP contribution in [-0.2, 0) is 4.79 Å². The molecule has 1 rings (SSSR count). The Morgan fingerprint density at radius 1 is 1.50 bits per heavy atom. The first kappa shape index (κ1) is 9.51. The lowest BCUT2D eigenvalue weighted by molar-refractivity contribution is -0.116. The van der Waals surface area contributed by atoms with Gasteiger partial charge in [0.15, 0.2) is 0 Å². The van der Waals surface area contributed by atoms with E-state index in [-0.39, 0.29) is 5.91 Å². The normalized spacial score (nSPS) is 9.58. The summed E-state index contributed by atoms with van der Waals surface area (Å²) in [5.74, 6) is 0.0528. The topological polar surface area (TPSA) is 20.3 Å². The molecule has 1 aromatic rings. The van der Waals surface area contributed by atoms with Gasteiger partial charge in [-0.15, -0.1) is 0 Å². The van der Waals surface area contributed by atoms with Gasteiger partial charge in [-0.25, -0.2) is 0 Å². The Labute approximate surface area is 85.7 Å². The molecule has 0 aliphatic heterocycles. The Kier molecular flexibility index (Phi) is 3.08. The summed E-state index contributed by atoms with van der Waals surface area (Å²) in [6.45, 7) is 1.56. The molecule has 0 aliphatic carbocycles. The highest BCUT2D eigenvalue weighted by atomic mass is 127. The molecule has 12 heavy (non-hydrogen) atoms. The predicted molar refractivity (Wildman–Crippen MR) is 58.2 cm³/mol. The minimum atomic E-state index is 0.0528. The van der Waals surface area contributed by atoms with Gasteiger partial charge in [-0.2, -0.15) is 0 Å². The first-order valence-corrected chi connectivity index (χ1v) is 4.69. The predicted octanol–water partition coefficient (Wildman–Crippen LogP) is 2.27. The number of anilines is 1. The van der Waals surface area contributed by atoms with Crippen LogP contribution in [0.4, 0.5) is 5.69 Å². The summed E-state index contributed by atoms with van der Waals surface area (Å²) in [5.41, 5.74) is 0.939. The van der Waals surface area contributed by atoms with Crippen molar-refractivity contribution in [2.75, 3.05) is 11.9 Å². The maximum atomic E-state index is 11.0. The molecular formula is C9H10INO. The van der Waals surface area contributed by atoms with Crippen molar-refractivity contribution in [3.8, 4) is 0 Å². The van der Waals surface area contributed by atoms with Crippen molar-refractivity contribution < 1.29 is 4.79 Å². The van der Waals surface area contributed by atoms with E-state index in [4.69, 9.17) is 0 Å². The SMILES string of the molecule is CC(=O)N(C)c1cccc(I)c1. The fraction of sp³-hybridized carbons (Fsp3) is 0.222. The molecule has 0 saturated heterocycles. The Hall–Kier alpha value is -0.580. The van der Waals surface area contributed by atoms with E-state index in [9.17, 15) is 4.79 Å². The summed E-state index contributed by atoms with van der Waals surface area (Å²) in [5, 5.41) is 0. The molecule has 3 heteroatoms. The van der Waals surface area contributed by atoms with Crippen molar-refractivity contribution in [3.63, 3.8) is 0 Å². The fourth-order valence-corrected chi connectivity index (χ4v) is 1.39. The molecule has 0 unspecified atom stereocenters. The molecular weight excluding hydrogens is 265 g/mol. The van der Waals surface area contributed by atoms with Crippen LogP contribution in [0.15, 0.2) is 24.3 Å². The van der Waals surface area contributed by atoms with Crippen molar-refractivity contribution in [1.29, 1.82) is 0 Å². The second-order valence-corrected chi connectivity index (χ2v) is 3.80. The third-order valence-electron chi connectivity index (χ3n) is 1.67.